The van der Waals surface area contributed by atoms with Crippen molar-refractivity contribution in [2.24, 2.45) is 11.8 Å². The van der Waals surface area contributed by atoms with Gasteiger partial charge in [0.25, 0.3) is 0 Å². The molecule has 1 saturated carbocycles. The van der Waals surface area contributed by atoms with E-state index in [-0.39, 0.29) is 12.0 Å². The molecule has 1 heterocycles. The highest BCUT2D eigenvalue weighted by atomic mass is 16.4. The molecule has 0 bridgehead atoms. The van der Waals surface area contributed by atoms with Crippen molar-refractivity contribution >= 4 is 34.7 Å². The van der Waals surface area contributed by atoms with Crippen LogP contribution in [0.2, 0.25) is 0 Å². The number of benzene rings is 1. The normalized spacial score (nSPS) is 19.2. The van der Waals surface area contributed by atoms with Crippen LogP contribution in [-0.4, -0.2) is 59.8 Å². The quantitative estimate of drug-likeness (QED) is 0.456. The number of carbonyl (C=O) groups excluding carboxylic acids is 1. The number of fused-ring (bicyclic) bond motifs is 1. The second-order valence-corrected chi connectivity index (χ2v) is 9.52. The van der Waals surface area contributed by atoms with Crippen molar-refractivity contribution in [3.8, 4) is 0 Å². The molecule has 1 fully saturated rings. The fourth-order valence-corrected chi connectivity index (χ4v) is 4.30. The van der Waals surface area contributed by atoms with Crippen LogP contribution in [0.3, 0.4) is 0 Å². The maximum Gasteiger partial charge on any atom is 0.326 e. The fourth-order valence-electron chi connectivity index (χ4n) is 4.30. The molecule has 0 spiro atoms. The number of hydrogen-bond acceptors (Lipinski definition) is 6. The topological polar surface area (TPSA) is 119 Å². The number of para-hydroxylation sites is 1. The molecule has 1 aromatic carbocycles. The van der Waals surface area contributed by atoms with E-state index in [0.29, 0.717) is 24.8 Å². The van der Waals surface area contributed by atoms with Crippen LogP contribution in [0, 0.1) is 11.8 Å². The van der Waals surface area contributed by atoms with Gasteiger partial charge in [0, 0.05) is 32.1 Å². The summed E-state index contributed by atoms with van der Waals surface area (Å²) in [6.45, 7) is 4.42. The average Bonchev–Trinajstić information content (AvgIpc) is 2.77. The number of amides is 2. The first kappa shape index (κ1) is 24.5. The molecule has 0 saturated heterocycles. The maximum absolute atomic E-state index is 12.2. The first-order valence-electron chi connectivity index (χ1n) is 11.7. The van der Waals surface area contributed by atoms with Gasteiger partial charge in [-0.2, -0.15) is 4.98 Å². The van der Waals surface area contributed by atoms with Gasteiger partial charge in [0.1, 0.15) is 11.9 Å². The molecule has 0 aliphatic heterocycles. The summed E-state index contributed by atoms with van der Waals surface area (Å²) in [6.07, 6.45) is 4.28. The average molecular weight is 457 g/mol. The van der Waals surface area contributed by atoms with E-state index in [1.165, 1.54) is 0 Å². The number of aliphatic carboxylic acids is 1. The van der Waals surface area contributed by atoms with Crippen molar-refractivity contribution in [3.63, 3.8) is 0 Å². The molecule has 180 valence electrons. The van der Waals surface area contributed by atoms with Gasteiger partial charge in [0.05, 0.1) is 5.52 Å². The Morgan fingerprint density at radius 1 is 1.12 bits per heavy atom. The molecule has 9 heteroatoms. The number of nitrogens with zero attached hydrogens (tertiary/aromatic N) is 3. The Morgan fingerprint density at radius 3 is 2.45 bits per heavy atom. The van der Waals surface area contributed by atoms with Gasteiger partial charge in [0.2, 0.25) is 5.95 Å². The summed E-state index contributed by atoms with van der Waals surface area (Å²) in [4.78, 5) is 34.9. The molecule has 4 N–H and O–H groups in total. The smallest absolute Gasteiger partial charge is 0.326 e. The number of urea groups is 1. The third kappa shape index (κ3) is 6.94. The van der Waals surface area contributed by atoms with Crippen molar-refractivity contribution in [1.29, 1.82) is 0 Å². The summed E-state index contributed by atoms with van der Waals surface area (Å²) < 4.78 is 0. The first-order valence-corrected chi connectivity index (χ1v) is 11.7. The van der Waals surface area contributed by atoms with Crippen molar-refractivity contribution in [2.45, 2.75) is 58.0 Å². The van der Waals surface area contributed by atoms with E-state index in [9.17, 15) is 14.7 Å². The van der Waals surface area contributed by atoms with Crippen molar-refractivity contribution in [3.05, 3.63) is 24.3 Å². The summed E-state index contributed by atoms with van der Waals surface area (Å²) in [7, 11) is 3.96. The Hall–Kier alpha value is -3.10. The Bertz CT molecular complexity index is 956. The molecule has 1 atom stereocenters. The third-order valence-corrected chi connectivity index (χ3v) is 6.05. The van der Waals surface area contributed by atoms with E-state index in [1.54, 1.807) is 0 Å². The second-order valence-electron chi connectivity index (χ2n) is 9.52. The van der Waals surface area contributed by atoms with E-state index >= 15 is 0 Å². The predicted octanol–water partition coefficient (Wildman–Crippen LogP) is 3.47. The molecule has 9 nitrogen and oxygen atoms in total. The van der Waals surface area contributed by atoms with Gasteiger partial charge in [-0.05, 0) is 56.1 Å². The highest BCUT2D eigenvalue weighted by Gasteiger charge is 2.24. The zero-order chi connectivity index (χ0) is 24.0. The molecule has 3 rings (SSSR count). The van der Waals surface area contributed by atoms with Crippen LogP contribution in [0.5, 0.6) is 0 Å². The fraction of sp³-hybridized carbons (Fsp3) is 0.583. The number of carboxylic acids is 1. The van der Waals surface area contributed by atoms with Gasteiger partial charge in [-0.15, -0.1) is 0 Å². The van der Waals surface area contributed by atoms with Gasteiger partial charge < -0.3 is 26.0 Å². The molecule has 2 amide bonds. The molecular weight excluding hydrogens is 420 g/mol. The minimum Gasteiger partial charge on any atom is -0.480 e. The number of rotatable bonds is 9. The zero-order valence-corrected chi connectivity index (χ0v) is 20.0. The third-order valence-electron chi connectivity index (χ3n) is 6.05. The Morgan fingerprint density at radius 2 is 1.82 bits per heavy atom. The van der Waals surface area contributed by atoms with E-state index in [1.807, 2.05) is 57.1 Å². The monoisotopic (exact) mass is 456 g/mol. The molecule has 1 aliphatic rings. The summed E-state index contributed by atoms with van der Waals surface area (Å²) in [5, 5.41) is 19.2. The Balaban J connectivity index is 1.48. The highest BCUT2D eigenvalue weighted by molar-refractivity contribution is 5.90. The molecule has 1 unspecified atom stereocenters. The lowest BCUT2D eigenvalue weighted by molar-refractivity contribution is -0.139. The Kier molecular flexibility index (Phi) is 8.30. The van der Waals surface area contributed by atoms with Gasteiger partial charge in [-0.25, -0.2) is 14.6 Å². The summed E-state index contributed by atoms with van der Waals surface area (Å²) in [6, 6.07) is 7.02. The van der Waals surface area contributed by atoms with Gasteiger partial charge >= 0.3 is 12.0 Å². The number of aromatic nitrogens is 2. The van der Waals surface area contributed by atoms with Gasteiger partial charge in [-0.3, -0.25) is 0 Å². The van der Waals surface area contributed by atoms with Crippen LogP contribution in [0.4, 0.5) is 16.6 Å². The molecule has 1 aromatic heterocycles. The van der Waals surface area contributed by atoms with Gasteiger partial charge in [-0.1, -0.05) is 26.0 Å². The predicted molar refractivity (Wildman–Crippen MR) is 131 cm³/mol. The number of carbonyl (C=O) groups is 2. The first-order chi connectivity index (χ1) is 15.7. The molecular formula is C24H36N6O3. The maximum atomic E-state index is 12.2. The van der Waals surface area contributed by atoms with Crippen LogP contribution in [0.1, 0.15) is 46.0 Å². The highest BCUT2D eigenvalue weighted by Crippen LogP contribution is 2.28. The zero-order valence-electron chi connectivity index (χ0n) is 20.0. The molecule has 33 heavy (non-hydrogen) atoms. The van der Waals surface area contributed by atoms with E-state index < -0.39 is 18.0 Å². The van der Waals surface area contributed by atoms with Crippen LogP contribution in [0.25, 0.3) is 10.9 Å². The van der Waals surface area contributed by atoms with Crippen molar-refractivity contribution < 1.29 is 14.7 Å². The van der Waals surface area contributed by atoms with Crippen molar-refractivity contribution in [2.75, 3.05) is 30.9 Å². The molecule has 0 radical (unpaired) electrons. The summed E-state index contributed by atoms with van der Waals surface area (Å²) in [5.74, 6) is 1.10. The lowest BCUT2D eigenvalue weighted by Gasteiger charge is -2.29. The van der Waals surface area contributed by atoms with E-state index in [4.69, 9.17) is 9.97 Å². The summed E-state index contributed by atoms with van der Waals surface area (Å²) >= 11 is 0. The molecule has 1 aliphatic carbocycles. The summed E-state index contributed by atoms with van der Waals surface area (Å²) in [5.41, 5.74) is 0.916. The number of carboxylic acid groups (broad SMARTS) is 1. The standard InChI is InChI=1S/C24H36N6O3/c1-15(2)13-20(22(31)32)28-24(33)25-14-16-9-11-17(12-10-16)26-23-27-19-8-6-5-7-18(19)21(29-23)30(3)4/h5-8,15-17,20H,9-14H2,1-4H3,(H,31,32)(H2,25,28,33)(H,26,27,29). The van der Waals surface area contributed by atoms with Crippen LogP contribution < -0.4 is 20.9 Å². The van der Waals surface area contributed by atoms with Crippen molar-refractivity contribution in [1.82, 2.24) is 20.6 Å². The number of hydrogen-bond donors (Lipinski definition) is 4. The lowest BCUT2D eigenvalue weighted by Crippen LogP contribution is -2.47. The largest absolute Gasteiger partial charge is 0.480 e. The second kappa shape index (κ2) is 11.2. The lowest BCUT2D eigenvalue weighted by atomic mass is 9.86. The van der Waals surface area contributed by atoms with Gasteiger partial charge in [0.15, 0.2) is 0 Å². The van der Waals surface area contributed by atoms with E-state index in [0.717, 1.165) is 42.4 Å². The Labute approximate surface area is 195 Å². The van der Waals surface area contributed by atoms with E-state index in [2.05, 4.69) is 16.0 Å². The number of anilines is 2. The van der Waals surface area contributed by atoms with Crippen LogP contribution in [0.15, 0.2) is 24.3 Å². The number of nitrogens with one attached hydrogen (secondary N) is 3. The minimum absolute atomic E-state index is 0.189. The SMILES string of the molecule is CC(C)CC(NC(=O)NCC1CCC(Nc2nc(N(C)C)c3ccccc3n2)CC1)C(=O)O. The van der Waals surface area contributed by atoms with Crippen LogP contribution >= 0.6 is 0 Å². The molecule has 2 aromatic rings. The van der Waals surface area contributed by atoms with Crippen LogP contribution in [-0.2, 0) is 4.79 Å². The minimum atomic E-state index is -1.00.